The first kappa shape index (κ1) is 11.5. The molecule has 0 saturated carbocycles. The van der Waals surface area contributed by atoms with Gasteiger partial charge in [0.1, 0.15) is 0 Å². The van der Waals surface area contributed by atoms with E-state index in [2.05, 4.69) is 6.58 Å². The summed E-state index contributed by atoms with van der Waals surface area (Å²) in [6.45, 7) is 3.56. The molecule has 15 heavy (non-hydrogen) atoms. The average molecular weight is 204 g/mol. The number of nitrogens with two attached hydrogens (primary N) is 1. The molecule has 1 unspecified atom stereocenters. The minimum atomic E-state index is -0.507. The highest BCUT2D eigenvalue weighted by molar-refractivity contribution is 5.96. The molecular formula is C12H16N2O. The molecule has 0 aromatic heterocycles. The summed E-state index contributed by atoms with van der Waals surface area (Å²) in [5, 5.41) is 0. The van der Waals surface area contributed by atoms with Crippen LogP contribution < -0.4 is 10.6 Å². The summed E-state index contributed by atoms with van der Waals surface area (Å²) in [7, 11) is 1.72. The van der Waals surface area contributed by atoms with Crippen molar-refractivity contribution in [1.82, 2.24) is 0 Å². The Balaban J connectivity index is 2.72. The zero-order chi connectivity index (χ0) is 11.3. The fraction of sp³-hybridized carbons (Fsp3) is 0.250. The summed E-state index contributed by atoms with van der Waals surface area (Å²) in [6, 6.07) is 8.92. The number of amides is 1. The average Bonchev–Trinajstić information content (AvgIpc) is 2.28. The monoisotopic (exact) mass is 204 g/mol. The normalized spacial score (nSPS) is 11.9. The summed E-state index contributed by atoms with van der Waals surface area (Å²) in [5.74, 6) is -0.0962. The van der Waals surface area contributed by atoms with E-state index in [1.807, 2.05) is 30.3 Å². The van der Waals surface area contributed by atoms with Gasteiger partial charge in [-0.2, -0.15) is 0 Å². The lowest BCUT2D eigenvalue weighted by molar-refractivity contribution is -0.119. The molecule has 1 aromatic rings. The van der Waals surface area contributed by atoms with Gasteiger partial charge in [0.2, 0.25) is 5.91 Å². The molecule has 1 aromatic carbocycles. The number of carbonyl (C=O) groups is 1. The van der Waals surface area contributed by atoms with E-state index in [9.17, 15) is 4.79 Å². The summed E-state index contributed by atoms with van der Waals surface area (Å²) < 4.78 is 0. The number of benzene rings is 1. The number of hydrogen-bond acceptors (Lipinski definition) is 2. The highest BCUT2D eigenvalue weighted by atomic mass is 16.2. The second-order valence-corrected chi connectivity index (χ2v) is 3.36. The summed E-state index contributed by atoms with van der Waals surface area (Å²) in [6.07, 6.45) is 2.15. The SMILES string of the molecule is C=CCC(N)C(=O)N(C)c1ccccc1. The van der Waals surface area contributed by atoms with Crippen LogP contribution in [0.3, 0.4) is 0 Å². The van der Waals surface area contributed by atoms with Crippen LogP contribution in [-0.2, 0) is 4.79 Å². The van der Waals surface area contributed by atoms with E-state index < -0.39 is 6.04 Å². The van der Waals surface area contributed by atoms with Crippen LogP contribution in [0.1, 0.15) is 6.42 Å². The number of likely N-dealkylation sites (N-methyl/N-ethyl adjacent to an activating group) is 1. The topological polar surface area (TPSA) is 46.3 Å². The molecule has 0 aliphatic rings. The minimum absolute atomic E-state index is 0.0962. The maximum atomic E-state index is 11.8. The number of anilines is 1. The number of hydrogen-bond donors (Lipinski definition) is 1. The van der Waals surface area contributed by atoms with E-state index in [-0.39, 0.29) is 5.91 Å². The van der Waals surface area contributed by atoms with Crippen LogP contribution in [0.5, 0.6) is 0 Å². The molecule has 0 aliphatic carbocycles. The first-order chi connectivity index (χ1) is 7.16. The lowest BCUT2D eigenvalue weighted by atomic mass is 10.2. The van der Waals surface area contributed by atoms with Crippen molar-refractivity contribution in [3.8, 4) is 0 Å². The van der Waals surface area contributed by atoms with Gasteiger partial charge in [0.25, 0.3) is 0 Å². The standard InChI is InChI=1S/C12H16N2O/c1-3-7-11(13)12(15)14(2)10-8-5-4-6-9-10/h3-6,8-9,11H,1,7,13H2,2H3. The second-order valence-electron chi connectivity index (χ2n) is 3.36. The molecule has 1 atom stereocenters. The van der Waals surface area contributed by atoms with Gasteiger partial charge in [-0.05, 0) is 18.6 Å². The largest absolute Gasteiger partial charge is 0.320 e. The highest BCUT2D eigenvalue weighted by Gasteiger charge is 2.17. The molecule has 2 N–H and O–H groups in total. The van der Waals surface area contributed by atoms with Crippen molar-refractivity contribution < 1.29 is 4.79 Å². The summed E-state index contributed by atoms with van der Waals surface area (Å²) in [4.78, 5) is 13.4. The molecule has 1 amide bonds. The molecule has 80 valence electrons. The number of para-hydroxylation sites is 1. The Hall–Kier alpha value is -1.61. The van der Waals surface area contributed by atoms with Gasteiger partial charge in [0, 0.05) is 12.7 Å². The van der Waals surface area contributed by atoms with Crippen molar-refractivity contribution in [3.63, 3.8) is 0 Å². The number of nitrogens with zero attached hydrogens (tertiary/aromatic N) is 1. The Bertz CT molecular complexity index is 335. The molecule has 0 spiro atoms. The van der Waals surface area contributed by atoms with Gasteiger partial charge in [-0.1, -0.05) is 24.3 Å². The molecule has 0 radical (unpaired) electrons. The predicted molar refractivity (Wildman–Crippen MR) is 62.6 cm³/mol. The fourth-order valence-corrected chi connectivity index (χ4v) is 1.31. The van der Waals surface area contributed by atoms with Crippen molar-refractivity contribution in [2.75, 3.05) is 11.9 Å². The Morgan fingerprint density at radius 1 is 1.53 bits per heavy atom. The second kappa shape index (κ2) is 5.32. The van der Waals surface area contributed by atoms with Crippen molar-refractivity contribution in [2.45, 2.75) is 12.5 Å². The maximum Gasteiger partial charge on any atom is 0.243 e. The Morgan fingerprint density at radius 2 is 2.13 bits per heavy atom. The smallest absolute Gasteiger partial charge is 0.243 e. The Kier molecular flexibility index (Phi) is 4.06. The molecule has 0 heterocycles. The van der Waals surface area contributed by atoms with Crippen LogP contribution in [0.15, 0.2) is 43.0 Å². The van der Waals surface area contributed by atoms with Crippen LogP contribution in [0.2, 0.25) is 0 Å². The number of carbonyl (C=O) groups excluding carboxylic acids is 1. The van der Waals surface area contributed by atoms with Gasteiger partial charge in [0.15, 0.2) is 0 Å². The van der Waals surface area contributed by atoms with Gasteiger partial charge in [0.05, 0.1) is 6.04 Å². The highest BCUT2D eigenvalue weighted by Crippen LogP contribution is 2.12. The van der Waals surface area contributed by atoms with E-state index in [1.165, 1.54) is 0 Å². The van der Waals surface area contributed by atoms with Crippen molar-refractivity contribution in [3.05, 3.63) is 43.0 Å². The van der Waals surface area contributed by atoms with E-state index in [4.69, 9.17) is 5.73 Å². The van der Waals surface area contributed by atoms with E-state index in [0.29, 0.717) is 6.42 Å². The van der Waals surface area contributed by atoms with Gasteiger partial charge in [-0.25, -0.2) is 0 Å². The predicted octanol–water partition coefficient (Wildman–Crippen LogP) is 1.55. The molecule has 3 nitrogen and oxygen atoms in total. The van der Waals surface area contributed by atoms with Crippen LogP contribution in [0.25, 0.3) is 0 Å². The quantitative estimate of drug-likeness (QED) is 0.756. The molecule has 1 rings (SSSR count). The first-order valence-electron chi connectivity index (χ1n) is 4.86. The van der Waals surface area contributed by atoms with Crippen LogP contribution >= 0.6 is 0 Å². The molecular weight excluding hydrogens is 188 g/mol. The van der Waals surface area contributed by atoms with E-state index >= 15 is 0 Å². The van der Waals surface area contributed by atoms with Gasteiger partial charge >= 0.3 is 0 Å². The lowest BCUT2D eigenvalue weighted by Crippen LogP contribution is -2.41. The molecule has 0 aliphatic heterocycles. The van der Waals surface area contributed by atoms with Gasteiger partial charge in [-0.3, -0.25) is 4.79 Å². The molecule has 0 bridgehead atoms. The third-order valence-electron chi connectivity index (χ3n) is 2.21. The van der Waals surface area contributed by atoms with Gasteiger partial charge < -0.3 is 10.6 Å². The van der Waals surface area contributed by atoms with Crippen LogP contribution in [0.4, 0.5) is 5.69 Å². The zero-order valence-corrected chi connectivity index (χ0v) is 8.89. The van der Waals surface area contributed by atoms with E-state index in [1.54, 1.807) is 18.0 Å². The third-order valence-corrected chi connectivity index (χ3v) is 2.21. The molecule has 0 fully saturated rings. The Labute approximate surface area is 90.2 Å². The van der Waals surface area contributed by atoms with Crippen molar-refractivity contribution in [2.24, 2.45) is 5.73 Å². The fourth-order valence-electron chi connectivity index (χ4n) is 1.31. The lowest BCUT2D eigenvalue weighted by Gasteiger charge is -2.20. The Morgan fingerprint density at radius 3 is 2.67 bits per heavy atom. The minimum Gasteiger partial charge on any atom is -0.320 e. The maximum absolute atomic E-state index is 11.8. The van der Waals surface area contributed by atoms with E-state index in [0.717, 1.165) is 5.69 Å². The van der Waals surface area contributed by atoms with Crippen LogP contribution in [-0.4, -0.2) is 19.0 Å². The summed E-state index contributed by atoms with van der Waals surface area (Å²) >= 11 is 0. The molecule has 3 heteroatoms. The van der Waals surface area contributed by atoms with Crippen molar-refractivity contribution >= 4 is 11.6 Å². The summed E-state index contributed by atoms with van der Waals surface area (Å²) in [5.41, 5.74) is 6.55. The van der Waals surface area contributed by atoms with Crippen LogP contribution in [0, 0.1) is 0 Å². The third kappa shape index (κ3) is 2.92. The van der Waals surface area contributed by atoms with Gasteiger partial charge in [-0.15, -0.1) is 6.58 Å². The zero-order valence-electron chi connectivity index (χ0n) is 8.89. The molecule has 0 saturated heterocycles. The van der Waals surface area contributed by atoms with Crippen molar-refractivity contribution in [1.29, 1.82) is 0 Å². The number of rotatable bonds is 4. The first-order valence-corrected chi connectivity index (χ1v) is 4.86.